The summed E-state index contributed by atoms with van der Waals surface area (Å²) in [5.74, 6) is 0.300. The van der Waals surface area contributed by atoms with E-state index >= 15 is 0 Å². The van der Waals surface area contributed by atoms with Gasteiger partial charge in [-0.25, -0.2) is 14.7 Å². The van der Waals surface area contributed by atoms with Crippen LogP contribution in [0.25, 0.3) is 22.4 Å². The SMILES string of the molecule is O=c1c2cnn(-c3ccccc3)c2nc(N/N=C/c2ccccc2)n1-c1ccccc1. The molecule has 0 amide bonds. The van der Waals surface area contributed by atoms with Crippen molar-refractivity contribution in [3.05, 3.63) is 113 Å². The average molecular weight is 406 g/mol. The summed E-state index contributed by atoms with van der Waals surface area (Å²) in [6, 6.07) is 28.6. The van der Waals surface area contributed by atoms with Crippen LogP contribution in [0.15, 0.2) is 107 Å². The lowest BCUT2D eigenvalue weighted by Crippen LogP contribution is -2.22. The van der Waals surface area contributed by atoms with E-state index in [1.807, 2.05) is 91.0 Å². The number of hydrazone groups is 1. The molecule has 5 rings (SSSR count). The van der Waals surface area contributed by atoms with Crippen molar-refractivity contribution in [1.82, 2.24) is 19.3 Å². The van der Waals surface area contributed by atoms with Gasteiger partial charge in [0.1, 0.15) is 5.39 Å². The minimum atomic E-state index is -0.226. The molecule has 3 aromatic carbocycles. The van der Waals surface area contributed by atoms with Gasteiger partial charge in [-0.3, -0.25) is 4.79 Å². The molecule has 0 bridgehead atoms. The summed E-state index contributed by atoms with van der Waals surface area (Å²) in [5, 5.41) is 9.13. The van der Waals surface area contributed by atoms with Crippen molar-refractivity contribution in [2.45, 2.75) is 0 Å². The van der Waals surface area contributed by atoms with E-state index in [-0.39, 0.29) is 5.56 Å². The van der Waals surface area contributed by atoms with Crippen LogP contribution in [-0.4, -0.2) is 25.5 Å². The summed E-state index contributed by atoms with van der Waals surface area (Å²) in [4.78, 5) is 18.1. The van der Waals surface area contributed by atoms with Gasteiger partial charge >= 0.3 is 0 Å². The molecule has 0 aliphatic carbocycles. The summed E-state index contributed by atoms with van der Waals surface area (Å²) in [7, 11) is 0. The van der Waals surface area contributed by atoms with E-state index in [0.717, 1.165) is 11.3 Å². The minimum absolute atomic E-state index is 0.226. The number of anilines is 1. The third-order valence-corrected chi connectivity index (χ3v) is 4.79. The summed E-state index contributed by atoms with van der Waals surface area (Å²) in [6.45, 7) is 0. The molecule has 0 fully saturated rings. The number of hydrogen-bond acceptors (Lipinski definition) is 5. The molecule has 150 valence electrons. The van der Waals surface area contributed by atoms with Crippen LogP contribution in [0.1, 0.15) is 5.56 Å². The van der Waals surface area contributed by atoms with E-state index in [1.54, 1.807) is 17.1 Å². The number of rotatable bonds is 5. The zero-order chi connectivity index (χ0) is 21.0. The zero-order valence-electron chi connectivity index (χ0n) is 16.5. The fourth-order valence-corrected chi connectivity index (χ4v) is 3.32. The molecule has 5 aromatic rings. The lowest BCUT2D eigenvalue weighted by atomic mass is 10.2. The topological polar surface area (TPSA) is 77.1 Å². The highest BCUT2D eigenvalue weighted by atomic mass is 16.1. The van der Waals surface area contributed by atoms with E-state index in [4.69, 9.17) is 4.98 Å². The van der Waals surface area contributed by atoms with Crippen molar-refractivity contribution in [2.75, 3.05) is 5.43 Å². The first-order valence-electron chi connectivity index (χ1n) is 9.77. The Bertz CT molecular complexity index is 1410. The third kappa shape index (κ3) is 3.60. The van der Waals surface area contributed by atoms with Gasteiger partial charge in [0.05, 0.1) is 23.8 Å². The lowest BCUT2D eigenvalue weighted by Gasteiger charge is -2.12. The van der Waals surface area contributed by atoms with Crippen LogP contribution in [0, 0.1) is 0 Å². The highest BCUT2D eigenvalue weighted by molar-refractivity contribution is 5.80. The second-order valence-electron chi connectivity index (χ2n) is 6.82. The number of nitrogens with one attached hydrogen (secondary N) is 1. The molecule has 31 heavy (non-hydrogen) atoms. The molecular formula is C24H18N6O. The maximum atomic E-state index is 13.4. The molecule has 0 unspecified atom stereocenters. The first-order chi connectivity index (χ1) is 15.3. The van der Waals surface area contributed by atoms with Gasteiger partial charge in [0.15, 0.2) is 5.65 Å². The monoisotopic (exact) mass is 406 g/mol. The second kappa shape index (κ2) is 8.08. The highest BCUT2D eigenvalue weighted by Gasteiger charge is 2.17. The van der Waals surface area contributed by atoms with E-state index in [9.17, 15) is 4.79 Å². The molecule has 0 aliphatic heterocycles. The molecule has 0 radical (unpaired) electrons. The molecule has 0 spiro atoms. The maximum Gasteiger partial charge on any atom is 0.270 e. The molecule has 2 heterocycles. The van der Waals surface area contributed by atoms with Crippen molar-refractivity contribution in [3.8, 4) is 11.4 Å². The first kappa shape index (κ1) is 18.5. The van der Waals surface area contributed by atoms with Crippen molar-refractivity contribution in [1.29, 1.82) is 0 Å². The van der Waals surface area contributed by atoms with Gasteiger partial charge in [-0.05, 0) is 29.8 Å². The number of benzene rings is 3. The lowest BCUT2D eigenvalue weighted by molar-refractivity contribution is 0.885. The smallest absolute Gasteiger partial charge is 0.268 e. The Labute approximate surface area is 177 Å². The zero-order valence-corrected chi connectivity index (χ0v) is 16.5. The van der Waals surface area contributed by atoms with Gasteiger partial charge in [0.2, 0.25) is 5.95 Å². The third-order valence-electron chi connectivity index (χ3n) is 4.79. The predicted molar refractivity (Wildman–Crippen MR) is 122 cm³/mol. The molecule has 0 atom stereocenters. The number of hydrogen-bond donors (Lipinski definition) is 1. The Morgan fingerprint density at radius 2 is 1.42 bits per heavy atom. The molecule has 1 N–H and O–H groups in total. The maximum absolute atomic E-state index is 13.4. The number of para-hydroxylation sites is 2. The molecule has 0 saturated carbocycles. The van der Waals surface area contributed by atoms with Crippen LogP contribution >= 0.6 is 0 Å². The minimum Gasteiger partial charge on any atom is -0.268 e. The van der Waals surface area contributed by atoms with Crippen LogP contribution in [0.2, 0.25) is 0 Å². The van der Waals surface area contributed by atoms with E-state index < -0.39 is 0 Å². The summed E-state index contributed by atoms with van der Waals surface area (Å²) >= 11 is 0. The Hall–Kier alpha value is -4.52. The molecule has 7 heteroatoms. The van der Waals surface area contributed by atoms with Gasteiger partial charge in [-0.1, -0.05) is 66.7 Å². The van der Waals surface area contributed by atoms with Crippen molar-refractivity contribution < 1.29 is 0 Å². The van der Waals surface area contributed by atoms with Gasteiger partial charge in [-0.15, -0.1) is 0 Å². The van der Waals surface area contributed by atoms with Crippen molar-refractivity contribution in [3.63, 3.8) is 0 Å². The number of fused-ring (bicyclic) bond motifs is 1. The fourth-order valence-electron chi connectivity index (χ4n) is 3.32. The standard InChI is InChI=1S/C24H18N6O/c31-23-21-17-26-30(20-14-8-3-9-15-20)22(21)27-24(29(23)19-12-6-2-7-13-19)28-25-16-18-10-4-1-5-11-18/h1-17H,(H,27,28)/b25-16+. The van der Waals surface area contributed by atoms with Crippen LogP contribution in [-0.2, 0) is 0 Å². The van der Waals surface area contributed by atoms with Gasteiger partial charge in [-0.2, -0.15) is 15.2 Å². The molecule has 0 aliphatic rings. The quantitative estimate of drug-likeness (QED) is 0.353. The molecular weight excluding hydrogens is 388 g/mol. The molecule has 7 nitrogen and oxygen atoms in total. The first-order valence-corrected chi connectivity index (χ1v) is 9.77. The molecule has 2 aromatic heterocycles. The normalized spacial score (nSPS) is 11.2. The van der Waals surface area contributed by atoms with E-state index in [2.05, 4.69) is 15.6 Å². The largest absolute Gasteiger partial charge is 0.270 e. The average Bonchev–Trinajstić information content (AvgIpc) is 3.25. The highest BCUT2D eigenvalue weighted by Crippen LogP contribution is 2.19. The summed E-state index contributed by atoms with van der Waals surface area (Å²) in [6.07, 6.45) is 3.23. The van der Waals surface area contributed by atoms with Gasteiger partial charge < -0.3 is 0 Å². The number of nitrogens with zero attached hydrogens (tertiary/aromatic N) is 5. The Morgan fingerprint density at radius 1 is 0.806 bits per heavy atom. The van der Waals surface area contributed by atoms with E-state index in [1.165, 1.54) is 4.57 Å². The Balaban J connectivity index is 1.67. The Morgan fingerprint density at radius 3 is 2.10 bits per heavy atom. The van der Waals surface area contributed by atoms with Gasteiger partial charge in [0, 0.05) is 0 Å². The van der Waals surface area contributed by atoms with Crippen LogP contribution in [0.5, 0.6) is 0 Å². The Kier molecular flexibility index (Phi) is 4.82. The van der Waals surface area contributed by atoms with Crippen molar-refractivity contribution in [2.24, 2.45) is 5.10 Å². The summed E-state index contributed by atoms with van der Waals surface area (Å²) in [5.41, 5.74) is 5.61. The second-order valence-corrected chi connectivity index (χ2v) is 6.82. The van der Waals surface area contributed by atoms with Crippen molar-refractivity contribution >= 4 is 23.2 Å². The van der Waals surface area contributed by atoms with Gasteiger partial charge in [0.25, 0.3) is 5.56 Å². The van der Waals surface area contributed by atoms with Crippen LogP contribution < -0.4 is 11.0 Å². The van der Waals surface area contributed by atoms with Crippen LogP contribution in [0.4, 0.5) is 5.95 Å². The number of aromatic nitrogens is 4. The summed E-state index contributed by atoms with van der Waals surface area (Å²) < 4.78 is 3.15. The molecule has 0 saturated heterocycles. The van der Waals surface area contributed by atoms with Crippen LogP contribution in [0.3, 0.4) is 0 Å². The van der Waals surface area contributed by atoms with E-state index in [0.29, 0.717) is 22.7 Å². The fraction of sp³-hybridized carbons (Fsp3) is 0. The predicted octanol–water partition coefficient (Wildman–Crippen LogP) is 4.02.